The smallest absolute Gasteiger partial charge is 0.262 e. The van der Waals surface area contributed by atoms with Crippen LogP contribution in [0.25, 0.3) is 0 Å². The highest BCUT2D eigenvalue weighted by molar-refractivity contribution is 7.92. The highest BCUT2D eigenvalue weighted by Gasteiger charge is 2.21. The zero-order valence-corrected chi connectivity index (χ0v) is 12.5. The van der Waals surface area contributed by atoms with Crippen molar-refractivity contribution in [1.29, 1.82) is 0 Å². The molecule has 1 aromatic carbocycles. The van der Waals surface area contributed by atoms with Crippen molar-refractivity contribution in [3.8, 4) is 0 Å². The number of aromatic nitrogens is 1. The summed E-state index contributed by atoms with van der Waals surface area (Å²) in [5, 5.41) is 0. The van der Waals surface area contributed by atoms with Crippen LogP contribution in [0.4, 0.5) is 24.7 Å². The Morgan fingerprint density at radius 2 is 1.73 bits per heavy atom. The monoisotopic (exact) mass is 331 g/mol. The molecule has 9 heteroatoms. The summed E-state index contributed by atoms with van der Waals surface area (Å²) >= 11 is 0. The molecule has 0 aliphatic heterocycles. The Kier molecular flexibility index (Phi) is 4.27. The highest BCUT2D eigenvalue weighted by Crippen LogP contribution is 2.25. The SMILES string of the molecule is CN(C)c1ncccc1NS(=O)(=O)c1cc(F)c(F)c(F)c1. The Morgan fingerprint density at radius 3 is 2.27 bits per heavy atom. The summed E-state index contributed by atoms with van der Waals surface area (Å²) in [7, 11) is -0.994. The normalized spacial score (nSPS) is 11.3. The molecule has 0 aliphatic rings. The first kappa shape index (κ1) is 16.1. The highest BCUT2D eigenvalue weighted by atomic mass is 32.2. The molecular formula is C13H12F3N3O2S. The number of rotatable bonds is 4. The number of hydrogen-bond donors (Lipinski definition) is 1. The van der Waals surface area contributed by atoms with E-state index >= 15 is 0 Å². The molecule has 1 N–H and O–H groups in total. The molecule has 1 heterocycles. The number of hydrogen-bond acceptors (Lipinski definition) is 4. The van der Waals surface area contributed by atoms with Gasteiger partial charge < -0.3 is 4.90 Å². The fraction of sp³-hybridized carbons (Fsp3) is 0.154. The average Bonchev–Trinajstić information content (AvgIpc) is 2.44. The summed E-state index contributed by atoms with van der Waals surface area (Å²) in [4.78, 5) is 4.83. The maximum Gasteiger partial charge on any atom is 0.262 e. The Balaban J connectivity index is 2.45. The van der Waals surface area contributed by atoms with Crippen molar-refractivity contribution in [3.05, 3.63) is 47.9 Å². The Morgan fingerprint density at radius 1 is 1.14 bits per heavy atom. The van der Waals surface area contributed by atoms with E-state index in [1.165, 1.54) is 18.3 Å². The van der Waals surface area contributed by atoms with Crippen LogP contribution in [0.1, 0.15) is 0 Å². The number of anilines is 2. The number of pyridine rings is 1. The van der Waals surface area contributed by atoms with E-state index in [0.29, 0.717) is 18.0 Å². The molecule has 0 radical (unpaired) electrons. The lowest BCUT2D eigenvalue weighted by molar-refractivity contribution is 0.442. The maximum absolute atomic E-state index is 13.2. The van der Waals surface area contributed by atoms with Crippen LogP contribution in [-0.4, -0.2) is 27.5 Å². The van der Waals surface area contributed by atoms with E-state index < -0.39 is 32.4 Å². The second kappa shape index (κ2) is 5.84. The minimum absolute atomic E-state index is 0.123. The zero-order chi connectivity index (χ0) is 16.5. The number of sulfonamides is 1. The number of nitrogens with one attached hydrogen (secondary N) is 1. The van der Waals surface area contributed by atoms with Crippen molar-refractivity contribution in [1.82, 2.24) is 4.98 Å². The molecule has 0 unspecified atom stereocenters. The van der Waals surface area contributed by atoms with Gasteiger partial charge in [-0.3, -0.25) is 4.72 Å². The van der Waals surface area contributed by atoms with Gasteiger partial charge in [-0.25, -0.2) is 26.6 Å². The first-order valence-electron chi connectivity index (χ1n) is 6.02. The molecule has 22 heavy (non-hydrogen) atoms. The number of nitrogens with zero attached hydrogens (tertiary/aromatic N) is 2. The molecule has 0 aliphatic carbocycles. The third-order valence-electron chi connectivity index (χ3n) is 2.72. The van der Waals surface area contributed by atoms with E-state index in [2.05, 4.69) is 9.71 Å². The van der Waals surface area contributed by atoms with Gasteiger partial charge in [0.15, 0.2) is 23.3 Å². The van der Waals surface area contributed by atoms with E-state index in [4.69, 9.17) is 0 Å². The van der Waals surface area contributed by atoms with Gasteiger partial charge in [-0.1, -0.05) is 0 Å². The largest absolute Gasteiger partial charge is 0.361 e. The van der Waals surface area contributed by atoms with Gasteiger partial charge >= 0.3 is 0 Å². The van der Waals surface area contributed by atoms with E-state index in [1.54, 1.807) is 19.0 Å². The minimum Gasteiger partial charge on any atom is -0.361 e. The second-order valence-electron chi connectivity index (χ2n) is 4.58. The number of benzene rings is 1. The van der Waals surface area contributed by atoms with Gasteiger partial charge in [0.05, 0.1) is 10.6 Å². The van der Waals surface area contributed by atoms with Crippen LogP contribution >= 0.6 is 0 Å². The molecule has 0 fully saturated rings. The summed E-state index contributed by atoms with van der Waals surface area (Å²) < 4.78 is 65.8. The minimum atomic E-state index is -4.29. The summed E-state index contributed by atoms with van der Waals surface area (Å²) in [5.41, 5.74) is 0.123. The van der Waals surface area contributed by atoms with E-state index in [-0.39, 0.29) is 5.69 Å². The van der Waals surface area contributed by atoms with Crippen LogP contribution in [0.2, 0.25) is 0 Å². The van der Waals surface area contributed by atoms with E-state index in [0.717, 1.165) is 0 Å². The lowest BCUT2D eigenvalue weighted by atomic mass is 10.3. The third-order valence-corrected chi connectivity index (χ3v) is 4.07. The molecule has 118 valence electrons. The predicted molar refractivity (Wildman–Crippen MR) is 75.7 cm³/mol. The molecule has 1 aromatic heterocycles. The van der Waals surface area contributed by atoms with Crippen molar-refractivity contribution in [2.45, 2.75) is 4.90 Å². The van der Waals surface area contributed by atoms with Gasteiger partial charge in [0.1, 0.15) is 0 Å². The van der Waals surface area contributed by atoms with Crippen LogP contribution < -0.4 is 9.62 Å². The third kappa shape index (κ3) is 3.14. The van der Waals surface area contributed by atoms with Gasteiger partial charge in [-0.05, 0) is 24.3 Å². The fourth-order valence-corrected chi connectivity index (χ4v) is 2.81. The quantitative estimate of drug-likeness (QED) is 0.874. The van der Waals surface area contributed by atoms with E-state index in [9.17, 15) is 21.6 Å². The van der Waals surface area contributed by atoms with Crippen LogP contribution in [0.3, 0.4) is 0 Å². The average molecular weight is 331 g/mol. The molecule has 0 spiro atoms. The van der Waals surface area contributed by atoms with Crippen LogP contribution in [0.15, 0.2) is 35.4 Å². The molecule has 5 nitrogen and oxygen atoms in total. The first-order chi connectivity index (χ1) is 10.2. The molecular weight excluding hydrogens is 319 g/mol. The van der Waals surface area contributed by atoms with Crippen molar-refractivity contribution in [3.63, 3.8) is 0 Å². The zero-order valence-electron chi connectivity index (χ0n) is 11.6. The van der Waals surface area contributed by atoms with Gasteiger partial charge in [0.2, 0.25) is 0 Å². The summed E-state index contributed by atoms with van der Waals surface area (Å²) in [6.45, 7) is 0. The first-order valence-corrected chi connectivity index (χ1v) is 7.50. The van der Waals surface area contributed by atoms with Crippen molar-refractivity contribution >= 4 is 21.5 Å². The summed E-state index contributed by atoms with van der Waals surface area (Å²) in [6, 6.07) is 3.76. The predicted octanol–water partition coefficient (Wildman–Crippen LogP) is 2.37. The van der Waals surface area contributed by atoms with Crippen molar-refractivity contribution in [2.24, 2.45) is 0 Å². The van der Waals surface area contributed by atoms with Crippen molar-refractivity contribution < 1.29 is 21.6 Å². The summed E-state index contributed by atoms with van der Waals surface area (Å²) in [5.74, 6) is -4.58. The lowest BCUT2D eigenvalue weighted by Crippen LogP contribution is -2.18. The Bertz CT molecular complexity index is 787. The van der Waals surface area contributed by atoms with Crippen LogP contribution in [0, 0.1) is 17.5 Å². The molecule has 0 bridgehead atoms. The van der Waals surface area contributed by atoms with Gasteiger partial charge in [0, 0.05) is 20.3 Å². The standard InChI is InChI=1S/C13H12F3N3O2S/c1-19(2)13-11(4-3-5-17-13)18-22(20,21)8-6-9(14)12(16)10(15)7-8/h3-7,18H,1-2H3. The van der Waals surface area contributed by atoms with Crippen LogP contribution in [-0.2, 0) is 10.0 Å². The molecule has 2 aromatic rings. The Hall–Kier alpha value is -2.29. The Labute approximate surface area is 125 Å². The molecule has 0 saturated carbocycles. The molecule has 2 rings (SSSR count). The van der Waals surface area contributed by atoms with Gasteiger partial charge in [0.25, 0.3) is 10.0 Å². The van der Waals surface area contributed by atoms with E-state index in [1.807, 2.05) is 0 Å². The molecule has 0 atom stereocenters. The van der Waals surface area contributed by atoms with Crippen LogP contribution in [0.5, 0.6) is 0 Å². The van der Waals surface area contributed by atoms with Crippen molar-refractivity contribution in [2.75, 3.05) is 23.7 Å². The second-order valence-corrected chi connectivity index (χ2v) is 6.26. The molecule has 0 amide bonds. The lowest BCUT2D eigenvalue weighted by Gasteiger charge is -2.17. The fourth-order valence-electron chi connectivity index (χ4n) is 1.72. The summed E-state index contributed by atoms with van der Waals surface area (Å²) in [6.07, 6.45) is 1.46. The van der Waals surface area contributed by atoms with Gasteiger partial charge in [-0.2, -0.15) is 0 Å². The molecule has 0 saturated heterocycles. The maximum atomic E-state index is 13.2. The number of halogens is 3. The van der Waals surface area contributed by atoms with Gasteiger partial charge in [-0.15, -0.1) is 0 Å². The topological polar surface area (TPSA) is 62.3 Å².